The zero-order valence-electron chi connectivity index (χ0n) is 14.9. The largest absolute Gasteiger partial charge is 0.496 e. The molecule has 1 aliphatic rings. The van der Waals surface area contributed by atoms with Gasteiger partial charge in [0.1, 0.15) is 11.6 Å². The van der Waals surface area contributed by atoms with Crippen LogP contribution in [0.2, 0.25) is 5.02 Å². The fourth-order valence-corrected chi connectivity index (χ4v) is 3.48. The van der Waals surface area contributed by atoms with Crippen LogP contribution in [-0.2, 0) is 0 Å². The molecule has 0 N–H and O–H groups in total. The minimum Gasteiger partial charge on any atom is -0.496 e. The molecule has 0 radical (unpaired) electrons. The molecule has 0 saturated carbocycles. The standard InChI is InChI=1S/C20H22ClFN2O2/c1-14(15-4-3-5-17(22)12-15)23-8-10-24(11-9-23)20(25)18-13-16(21)6-7-19(18)26-2/h3-7,12-14H,8-11H2,1-2H3. The number of rotatable bonds is 4. The van der Waals surface area contributed by atoms with Gasteiger partial charge >= 0.3 is 0 Å². The van der Waals surface area contributed by atoms with Gasteiger partial charge in [-0.2, -0.15) is 0 Å². The van der Waals surface area contributed by atoms with Crippen LogP contribution in [0.4, 0.5) is 4.39 Å². The fraction of sp³-hybridized carbons (Fsp3) is 0.350. The molecule has 3 rings (SSSR count). The van der Waals surface area contributed by atoms with Crippen molar-refractivity contribution in [2.24, 2.45) is 0 Å². The Bertz CT molecular complexity index is 791. The molecule has 1 heterocycles. The molecule has 1 fully saturated rings. The zero-order valence-corrected chi connectivity index (χ0v) is 15.7. The van der Waals surface area contributed by atoms with Gasteiger partial charge in [0, 0.05) is 37.2 Å². The van der Waals surface area contributed by atoms with Crippen LogP contribution >= 0.6 is 11.6 Å². The third kappa shape index (κ3) is 4.00. The Morgan fingerprint density at radius 1 is 1.15 bits per heavy atom. The normalized spacial score (nSPS) is 16.4. The minimum absolute atomic E-state index is 0.0811. The lowest BCUT2D eigenvalue weighted by Gasteiger charge is -2.38. The van der Waals surface area contributed by atoms with Crippen LogP contribution in [0.15, 0.2) is 42.5 Å². The maximum atomic E-state index is 13.5. The van der Waals surface area contributed by atoms with Crippen molar-refractivity contribution in [1.29, 1.82) is 0 Å². The van der Waals surface area contributed by atoms with E-state index < -0.39 is 0 Å². The van der Waals surface area contributed by atoms with Crippen LogP contribution in [-0.4, -0.2) is 49.0 Å². The number of carbonyl (C=O) groups excluding carboxylic acids is 1. The lowest BCUT2D eigenvalue weighted by atomic mass is 10.1. The van der Waals surface area contributed by atoms with E-state index in [2.05, 4.69) is 11.8 Å². The summed E-state index contributed by atoms with van der Waals surface area (Å²) in [6, 6.07) is 11.8. The van der Waals surface area contributed by atoms with Crippen molar-refractivity contribution in [2.45, 2.75) is 13.0 Å². The average molecular weight is 377 g/mol. The molecule has 0 bridgehead atoms. The molecular formula is C20H22ClFN2O2. The van der Waals surface area contributed by atoms with E-state index in [0.717, 1.165) is 18.7 Å². The van der Waals surface area contributed by atoms with E-state index in [9.17, 15) is 9.18 Å². The van der Waals surface area contributed by atoms with Gasteiger partial charge in [0.15, 0.2) is 0 Å². The topological polar surface area (TPSA) is 32.8 Å². The lowest BCUT2D eigenvalue weighted by molar-refractivity contribution is 0.0579. The third-order valence-electron chi connectivity index (χ3n) is 4.87. The van der Waals surface area contributed by atoms with Crippen molar-refractivity contribution in [3.05, 3.63) is 64.4 Å². The highest BCUT2D eigenvalue weighted by Gasteiger charge is 2.27. The van der Waals surface area contributed by atoms with Crippen molar-refractivity contribution in [3.8, 4) is 5.75 Å². The van der Waals surface area contributed by atoms with Gasteiger partial charge in [0.2, 0.25) is 0 Å². The zero-order chi connectivity index (χ0) is 18.7. The van der Waals surface area contributed by atoms with Crippen LogP contribution < -0.4 is 4.74 Å². The number of hydrogen-bond donors (Lipinski definition) is 0. The summed E-state index contributed by atoms with van der Waals surface area (Å²) in [4.78, 5) is 16.9. The number of carbonyl (C=O) groups is 1. The van der Waals surface area contributed by atoms with E-state index in [1.54, 1.807) is 37.4 Å². The second-order valence-corrected chi connectivity index (χ2v) is 6.84. The molecule has 26 heavy (non-hydrogen) atoms. The number of hydrogen-bond acceptors (Lipinski definition) is 3. The summed E-state index contributed by atoms with van der Waals surface area (Å²) in [6.07, 6.45) is 0. The Labute approximate surface area is 158 Å². The molecule has 1 saturated heterocycles. The Kier molecular flexibility index (Phi) is 5.79. The van der Waals surface area contributed by atoms with Crippen LogP contribution in [0.1, 0.15) is 28.9 Å². The molecule has 1 amide bonds. The Morgan fingerprint density at radius 3 is 2.54 bits per heavy atom. The molecule has 0 spiro atoms. The summed E-state index contributed by atoms with van der Waals surface area (Å²) >= 11 is 6.04. The van der Waals surface area contributed by atoms with Crippen LogP contribution in [0.5, 0.6) is 5.75 Å². The van der Waals surface area contributed by atoms with Crippen LogP contribution in [0, 0.1) is 5.82 Å². The van der Waals surface area contributed by atoms with Crippen molar-refractivity contribution < 1.29 is 13.9 Å². The molecule has 1 atom stereocenters. The number of benzene rings is 2. The summed E-state index contributed by atoms with van der Waals surface area (Å²) in [5, 5.41) is 0.507. The minimum atomic E-state index is -0.226. The summed E-state index contributed by atoms with van der Waals surface area (Å²) in [5.74, 6) is 0.216. The second kappa shape index (κ2) is 8.06. The van der Waals surface area contributed by atoms with E-state index in [0.29, 0.717) is 29.4 Å². The molecule has 0 aliphatic carbocycles. The first-order valence-corrected chi connectivity index (χ1v) is 8.99. The molecule has 4 nitrogen and oxygen atoms in total. The first-order chi connectivity index (χ1) is 12.5. The second-order valence-electron chi connectivity index (χ2n) is 6.40. The summed E-state index contributed by atoms with van der Waals surface area (Å²) in [7, 11) is 1.54. The fourth-order valence-electron chi connectivity index (χ4n) is 3.31. The average Bonchev–Trinajstić information content (AvgIpc) is 2.67. The monoisotopic (exact) mass is 376 g/mol. The van der Waals surface area contributed by atoms with E-state index in [-0.39, 0.29) is 17.8 Å². The van der Waals surface area contributed by atoms with Crippen molar-refractivity contribution in [3.63, 3.8) is 0 Å². The van der Waals surface area contributed by atoms with Crippen molar-refractivity contribution >= 4 is 17.5 Å². The van der Waals surface area contributed by atoms with Gasteiger partial charge < -0.3 is 9.64 Å². The van der Waals surface area contributed by atoms with Crippen molar-refractivity contribution in [1.82, 2.24) is 9.80 Å². The summed E-state index contributed by atoms with van der Waals surface area (Å²) < 4.78 is 18.7. The van der Waals surface area contributed by atoms with Gasteiger partial charge in [0.05, 0.1) is 12.7 Å². The van der Waals surface area contributed by atoms with E-state index in [4.69, 9.17) is 16.3 Å². The molecular weight excluding hydrogens is 355 g/mol. The van der Waals surface area contributed by atoms with Crippen LogP contribution in [0.25, 0.3) is 0 Å². The van der Waals surface area contributed by atoms with Gasteiger partial charge in [-0.3, -0.25) is 9.69 Å². The predicted molar refractivity (Wildman–Crippen MR) is 100 cm³/mol. The molecule has 2 aromatic rings. The first kappa shape index (κ1) is 18.7. The maximum Gasteiger partial charge on any atom is 0.257 e. The maximum absolute atomic E-state index is 13.5. The smallest absolute Gasteiger partial charge is 0.257 e. The summed E-state index contributed by atoms with van der Waals surface area (Å²) in [5.41, 5.74) is 1.42. The highest BCUT2D eigenvalue weighted by Crippen LogP contribution is 2.26. The molecule has 138 valence electrons. The van der Waals surface area contributed by atoms with E-state index >= 15 is 0 Å². The number of nitrogens with zero attached hydrogens (tertiary/aromatic N) is 2. The SMILES string of the molecule is COc1ccc(Cl)cc1C(=O)N1CCN(C(C)c2cccc(F)c2)CC1. The Hall–Kier alpha value is -2.11. The third-order valence-corrected chi connectivity index (χ3v) is 5.11. The molecule has 2 aromatic carbocycles. The number of methoxy groups -OCH3 is 1. The Balaban J connectivity index is 1.67. The summed E-state index contributed by atoms with van der Waals surface area (Å²) in [6.45, 7) is 4.73. The molecule has 1 unspecified atom stereocenters. The number of ether oxygens (including phenoxy) is 1. The number of halogens is 2. The van der Waals surface area contributed by atoms with Gasteiger partial charge in [0.25, 0.3) is 5.91 Å². The van der Waals surface area contributed by atoms with Gasteiger partial charge in [-0.15, -0.1) is 0 Å². The quantitative estimate of drug-likeness (QED) is 0.808. The Morgan fingerprint density at radius 2 is 1.88 bits per heavy atom. The highest BCUT2D eigenvalue weighted by molar-refractivity contribution is 6.31. The lowest BCUT2D eigenvalue weighted by Crippen LogP contribution is -2.49. The number of piperazine rings is 1. The molecule has 0 aromatic heterocycles. The first-order valence-electron chi connectivity index (χ1n) is 8.62. The molecule has 6 heteroatoms. The predicted octanol–water partition coefficient (Wildman–Crippen LogP) is 4.01. The van der Waals surface area contributed by atoms with Gasteiger partial charge in [-0.25, -0.2) is 4.39 Å². The van der Waals surface area contributed by atoms with Crippen LogP contribution in [0.3, 0.4) is 0 Å². The highest BCUT2D eigenvalue weighted by atomic mass is 35.5. The molecule has 1 aliphatic heterocycles. The van der Waals surface area contributed by atoms with E-state index in [1.165, 1.54) is 6.07 Å². The van der Waals surface area contributed by atoms with Gasteiger partial charge in [-0.1, -0.05) is 23.7 Å². The van der Waals surface area contributed by atoms with Crippen molar-refractivity contribution in [2.75, 3.05) is 33.3 Å². The van der Waals surface area contributed by atoms with Gasteiger partial charge in [-0.05, 0) is 42.8 Å². The van der Waals surface area contributed by atoms with E-state index in [1.807, 2.05) is 11.0 Å². The number of amides is 1.